The van der Waals surface area contributed by atoms with Gasteiger partial charge in [0.05, 0.1) is 16.6 Å². The van der Waals surface area contributed by atoms with Crippen molar-refractivity contribution in [3.05, 3.63) is 124 Å². The van der Waals surface area contributed by atoms with Gasteiger partial charge in [-0.05, 0) is 54.8 Å². The van der Waals surface area contributed by atoms with Gasteiger partial charge in [0.1, 0.15) is 4.90 Å². The fourth-order valence-corrected chi connectivity index (χ4v) is 5.57. The lowest BCUT2D eigenvalue weighted by atomic mass is 9.90. The van der Waals surface area contributed by atoms with Crippen LogP contribution in [0.25, 0.3) is 0 Å². The van der Waals surface area contributed by atoms with Crippen LogP contribution >= 0.6 is 11.6 Å². The van der Waals surface area contributed by atoms with E-state index in [2.05, 4.69) is 10.0 Å². The molecule has 4 rings (SSSR count). The van der Waals surface area contributed by atoms with Crippen LogP contribution in [0.5, 0.6) is 0 Å². The van der Waals surface area contributed by atoms with Crippen molar-refractivity contribution >= 4 is 38.9 Å². The van der Waals surface area contributed by atoms with Crippen LogP contribution in [-0.4, -0.2) is 14.3 Å². The Bertz CT molecular complexity index is 1420. The number of halogens is 1. The molecule has 0 bridgehead atoms. The van der Waals surface area contributed by atoms with Crippen molar-refractivity contribution in [3.8, 4) is 0 Å². The quantitative estimate of drug-likeness (QED) is 0.300. The van der Waals surface area contributed by atoms with E-state index in [0.29, 0.717) is 11.4 Å². The lowest BCUT2D eigenvalue weighted by Gasteiger charge is -2.19. The van der Waals surface area contributed by atoms with Crippen LogP contribution in [0.15, 0.2) is 102 Å². The van der Waals surface area contributed by atoms with E-state index >= 15 is 0 Å². The van der Waals surface area contributed by atoms with Crippen molar-refractivity contribution in [2.24, 2.45) is 0 Å². The minimum Gasteiger partial charge on any atom is -0.325 e. The number of benzene rings is 4. The number of amides is 1. The maximum absolute atomic E-state index is 13.4. The van der Waals surface area contributed by atoms with Crippen LogP contribution in [0.3, 0.4) is 0 Å². The van der Waals surface area contributed by atoms with E-state index in [4.69, 9.17) is 11.6 Å². The monoisotopic (exact) mass is 504 g/mol. The first-order valence-electron chi connectivity index (χ1n) is 11.0. The van der Waals surface area contributed by atoms with E-state index in [-0.39, 0.29) is 15.8 Å². The van der Waals surface area contributed by atoms with Gasteiger partial charge in [-0.2, -0.15) is 0 Å². The molecule has 0 saturated carbocycles. The molecule has 0 aliphatic rings. The van der Waals surface area contributed by atoms with Crippen molar-refractivity contribution in [2.75, 3.05) is 10.0 Å². The Morgan fingerprint density at radius 3 is 1.97 bits per heavy atom. The van der Waals surface area contributed by atoms with E-state index in [1.807, 2.05) is 86.6 Å². The molecule has 7 heteroatoms. The first-order chi connectivity index (χ1) is 16.7. The molecule has 5 nitrogen and oxygen atoms in total. The molecule has 0 aliphatic heterocycles. The van der Waals surface area contributed by atoms with E-state index in [0.717, 1.165) is 22.3 Å². The predicted octanol–water partition coefficient (Wildman–Crippen LogP) is 6.53. The number of sulfonamides is 1. The molecule has 0 aliphatic carbocycles. The minimum atomic E-state index is -4.00. The second-order valence-corrected chi connectivity index (χ2v) is 10.4. The highest BCUT2D eigenvalue weighted by atomic mass is 35.5. The summed E-state index contributed by atoms with van der Waals surface area (Å²) in [6.45, 7) is 3.77. The van der Waals surface area contributed by atoms with Gasteiger partial charge < -0.3 is 5.32 Å². The van der Waals surface area contributed by atoms with Crippen LogP contribution in [0.1, 0.15) is 28.2 Å². The second kappa shape index (κ2) is 10.3. The Morgan fingerprint density at radius 1 is 0.800 bits per heavy atom. The summed E-state index contributed by atoms with van der Waals surface area (Å²) in [7, 11) is -4.00. The number of rotatable bonds is 7. The van der Waals surface area contributed by atoms with Crippen molar-refractivity contribution in [1.82, 2.24) is 0 Å². The first-order valence-corrected chi connectivity index (χ1v) is 12.9. The van der Waals surface area contributed by atoms with Gasteiger partial charge in [-0.1, -0.05) is 90.0 Å². The number of anilines is 2. The third kappa shape index (κ3) is 5.73. The summed E-state index contributed by atoms with van der Waals surface area (Å²) in [5, 5.41) is 2.93. The summed E-state index contributed by atoms with van der Waals surface area (Å²) < 4.78 is 28.9. The maximum Gasteiger partial charge on any atom is 0.263 e. The van der Waals surface area contributed by atoms with Gasteiger partial charge in [-0.25, -0.2) is 8.42 Å². The normalized spacial score (nSPS) is 11.3. The molecule has 4 aromatic carbocycles. The number of hydrogen-bond donors (Lipinski definition) is 2. The summed E-state index contributed by atoms with van der Waals surface area (Å²) in [5.41, 5.74) is 4.28. The van der Waals surface area contributed by atoms with Gasteiger partial charge in [0.25, 0.3) is 10.0 Å². The molecule has 0 saturated heterocycles. The Kier molecular flexibility index (Phi) is 7.24. The Labute approximate surface area is 210 Å². The zero-order valence-electron chi connectivity index (χ0n) is 19.3. The highest BCUT2D eigenvalue weighted by Crippen LogP contribution is 2.30. The number of aryl methyl sites for hydroxylation is 2. The summed E-state index contributed by atoms with van der Waals surface area (Å²) in [6.07, 6.45) is 0. The second-order valence-electron chi connectivity index (χ2n) is 8.31. The Balaban J connectivity index is 1.64. The Morgan fingerprint density at radius 2 is 1.40 bits per heavy atom. The van der Waals surface area contributed by atoms with Crippen LogP contribution in [-0.2, 0) is 14.8 Å². The summed E-state index contributed by atoms with van der Waals surface area (Å²) >= 11 is 6.27. The van der Waals surface area contributed by atoms with Crippen molar-refractivity contribution in [2.45, 2.75) is 24.7 Å². The largest absolute Gasteiger partial charge is 0.325 e. The molecule has 1 amide bonds. The summed E-state index contributed by atoms with van der Waals surface area (Å²) in [5.74, 6) is -0.850. The topological polar surface area (TPSA) is 75.3 Å². The summed E-state index contributed by atoms with van der Waals surface area (Å²) in [6, 6.07) is 28.7. The number of hydrogen-bond acceptors (Lipinski definition) is 3. The average molecular weight is 505 g/mol. The molecule has 0 unspecified atom stereocenters. The molecule has 35 heavy (non-hydrogen) atoms. The van der Waals surface area contributed by atoms with Crippen LogP contribution in [0.2, 0.25) is 5.02 Å². The van der Waals surface area contributed by atoms with Crippen molar-refractivity contribution < 1.29 is 13.2 Å². The van der Waals surface area contributed by atoms with E-state index in [9.17, 15) is 13.2 Å². The molecule has 2 N–H and O–H groups in total. The maximum atomic E-state index is 13.4. The zero-order chi connectivity index (χ0) is 25.0. The lowest BCUT2D eigenvalue weighted by Crippen LogP contribution is -2.22. The molecule has 178 valence electrons. The molecular weight excluding hydrogens is 480 g/mol. The highest BCUT2D eigenvalue weighted by Gasteiger charge is 2.24. The third-order valence-electron chi connectivity index (χ3n) is 5.64. The van der Waals surface area contributed by atoms with Gasteiger partial charge >= 0.3 is 0 Å². The predicted molar refractivity (Wildman–Crippen MR) is 142 cm³/mol. The average Bonchev–Trinajstić information content (AvgIpc) is 2.83. The number of carbonyl (C=O) groups is 1. The van der Waals surface area contributed by atoms with Gasteiger partial charge in [-0.3, -0.25) is 9.52 Å². The molecule has 0 fully saturated rings. The van der Waals surface area contributed by atoms with Crippen molar-refractivity contribution in [1.29, 1.82) is 0 Å². The van der Waals surface area contributed by atoms with Gasteiger partial charge in [0.15, 0.2) is 0 Å². The fourth-order valence-electron chi connectivity index (χ4n) is 3.92. The van der Waals surface area contributed by atoms with Gasteiger partial charge in [-0.15, -0.1) is 0 Å². The van der Waals surface area contributed by atoms with Crippen molar-refractivity contribution in [3.63, 3.8) is 0 Å². The number of nitrogens with one attached hydrogen (secondary N) is 2. The molecule has 0 radical (unpaired) electrons. The highest BCUT2D eigenvalue weighted by molar-refractivity contribution is 7.92. The molecule has 0 heterocycles. The van der Waals surface area contributed by atoms with Gasteiger partial charge in [0.2, 0.25) is 5.91 Å². The molecule has 4 aromatic rings. The summed E-state index contributed by atoms with van der Waals surface area (Å²) in [4.78, 5) is 13.3. The first kappa shape index (κ1) is 24.5. The SMILES string of the molecule is Cc1ccc(NS(=O)(=O)c2cc(NC(=O)C(c3ccccc3)c3ccccc3)ccc2Cl)c(C)c1. The number of carbonyl (C=O) groups excluding carboxylic acids is 1. The van der Waals surface area contributed by atoms with Crippen LogP contribution < -0.4 is 10.0 Å². The minimum absolute atomic E-state index is 0.0583. The van der Waals surface area contributed by atoms with E-state index in [1.54, 1.807) is 12.1 Å². The van der Waals surface area contributed by atoms with Crippen LogP contribution in [0.4, 0.5) is 11.4 Å². The molecule has 0 spiro atoms. The lowest BCUT2D eigenvalue weighted by molar-refractivity contribution is -0.116. The standard InChI is InChI=1S/C28H25ClN2O3S/c1-19-13-16-25(20(2)17-19)31-35(33,34)26-18-23(14-15-24(26)29)30-28(32)27(21-9-5-3-6-10-21)22-11-7-4-8-12-22/h3-18,27,31H,1-2H3,(H,30,32). The molecular formula is C28H25ClN2O3S. The molecule has 0 atom stereocenters. The fraction of sp³-hybridized carbons (Fsp3) is 0.107. The van der Waals surface area contributed by atoms with Crippen LogP contribution in [0, 0.1) is 13.8 Å². The third-order valence-corrected chi connectivity index (χ3v) is 7.49. The molecule has 0 aromatic heterocycles. The van der Waals surface area contributed by atoms with E-state index < -0.39 is 15.9 Å². The Hall–Kier alpha value is -3.61. The zero-order valence-corrected chi connectivity index (χ0v) is 20.9. The smallest absolute Gasteiger partial charge is 0.263 e. The van der Waals surface area contributed by atoms with Gasteiger partial charge in [0, 0.05) is 5.69 Å². The van der Waals surface area contributed by atoms with E-state index in [1.165, 1.54) is 12.1 Å².